The zero-order valence-electron chi connectivity index (χ0n) is 15.2. The van der Waals surface area contributed by atoms with E-state index in [2.05, 4.69) is 15.3 Å². The number of alkyl halides is 1. The van der Waals surface area contributed by atoms with Crippen LogP contribution in [-0.4, -0.2) is 54.1 Å². The van der Waals surface area contributed by atoms with Crippen LogP contribution in [0.5, 0.6) is 5.75 Å². The minimum Gasteiger partial charge on any atom is -0.486 e. The minimum absolute atomic E-state index is 0.0456. The summed E-state index contributed by atoms with van der Waals surface area (Å²) in [5, 5.41) is 2.45. The number of nitrogens with zero attached hydrogens (tertiary/aromatic N) is 3. The van der Waals surface area contributed by atoms with E-state index in [9.17, 15) is 13.6 Å². The normalized spacial score (nSPS) is 18.0. The topological polar surface area (TPSA) is 76.6 Å². The van der Waals surface area contributed by atoms with Gasteiger partial charge in [0.15, 0.2) is 5.75 Å². The predicted molar refractivity (Wildman–Crippen MR) is 92.7 cm³/mol. The summed E-state index contributed by atoms with van der Waals surface area (Å²) in [4.78, 5) is 21.6. The van der Waals surface area contributed by atoms with E-state index in [0.717, 1.165) is 0 Å². The van der Waals surface area contributed by atoms with Crippen molar-refractivity contribution in [1.82, 2.24) is 15.3 Å². The molecule has 1 amide bonds. The maximum absolute atomic E-state index is 13.2. The van der Waals surface area contributed by atoms with Crippen molar-refractivity contribution in [3.63, 3.8) is 0 Å². The lowest BCUT2D eigenvalue weighted by atomic mass is 10.2. The molecule has 0 aliphatic carbocycles. The van der Waals surface area contributed by atoms with Gasteiger partial charge in [0.05, 0.1) is 25.3 Å². The third-order valence-corrected chi connectivity index (χ3v) is 3.47. The maximum Gasteiger partial charge on any atom is 0.407 e. The Kier molecular flexibility index (Phi) is 6.70. The van der Waals surface area contributed by atoms with E-state index < -0.39 is 17.9 Å². The number of aromatic nitrogens is 2. The molecule has 144 valence electrons. The second kappa shape index (κ2) is 8.77. The minimum atomic E-state index is -0.857. The smallest absolute Gasteiger partial charge is 0.407 e. The van der Waals surface area contributed by atoms with Crippen molar-refractivity contribution in [2.75, 3.05) is 31.1 Å². The molecule has 9 heteroatoms. The number of alkyl carbamates (subject to hydrolysis) is 1. The van der Waals surface area contributed by atoms with Gasteiger partial charge in [-0.05, 0) is 27.2 Å². The van der Waals surface area contributed by atoms with E-state index in [-0.39, 0.29) is 25.3 Å². The van der Waals surface area contributed by atoms with Crippen molar-refractivity contribution < 1.29 is 23.0 Å². The Morgan fingerprint density at radius 2 is 2.12 bits per heavy atom. The second-order valence-electron chi connectivity index (χ2n) is 6.96. The largest absolute Gasteiger partial charge is 0.486 e. The van der Waals surface area contributed by atoms with E-state index in [1.807, 2.05) is 0 Å². The first kappa shape index (κ1) is 19.9. The number of carbonyl (C=O) groups excluding carboxylic acids is 1. The molecule has 2 heterocycles. The molecule has 1 aliphatic rings. The fourth-order valence-electron chi connectivity index (χ4n) is 2.24. The highest BCUT2D eigenvalue weighted by Crippen LogP contribution is 2.19. The fourth-order valence-corrected chi connectivity index (χ4v) is 2.24. The van der Waals surface area contributed by atoms with Gasteiger partial charge in [0.25, 0.3) is 0 Å². The Labute approximate surface area is 151 Å². The van der Waals surface area contributed by atoms with Crippen LogP contribution in [0.25, 0.3) is 0 Å². The van der Waals surface area contributed by atoms with E-state index in [0.29, 0.717) is 31.0 Å². The Hall–Kier alpha value is -2.45. The van der Waals surface area contributed by atoms with Crippen molar-refractivity contribution in [3.05, 3.63) is 24.3 Å². The van der Waals surface area contributed by atoms with E-state index in [4.69, 9.17) is 9.47 Å². The number of rotatable bonds is 6. The summed E-state index contributed by atoms with van der Waals surface area (Å²) in [6.45, 7) is 5.95. The average Bonchev–Trinajstić information content (AvgIpc) is 3.00. The van der Waals surface area contributed by atoms with Gasteiger partial charge < -0.3 is 19.7 Å². The average molecular weight is 370 g/mol. The molecular formula is C17H24F2N4O3. The predicted octanol–water partition coefficient (Wildman–Crippen LogP) is 2.78. The van der Waals surface area contributed by atoms with Crippen molar-refractivity contribution in [1.29, 1.82) is 0 Å². The van der Waals surface area contributed by atoms with Gasteiger partial charge in [0.1, 0.15) is 18.4 Å². The van der Waals surface area contributed by atoms with E-state index in [1.165, 1.54) is 12.4 Å². The van der Waals surface area contributed by atoms with Crippen LogP contribution in [0.3, 0.4) is 0 Å². The molecule has 0 saturated carbocycles. The lowest BCUT2D eigenvalue weighted by Crippen LogP contribution is -2.34. The standard InChI is InChI=1S/C17H24F2N4O3/c1-17(2,3)26-16(24)22-7-12(6-18)11-25-14-8-20-15(21-9-14)23-5-4-13(19)10-23/h6,8-9,13H,4-5,7,10-11H2,1-3H3,(H,22,24)/b12-6+/t13-/m0/s1. The first-order valence-corrected chi connectivity index (χ1v) is 8.35. The maximum atomic E-state index is 13.2. The van der Waals surface area contributed by atoms with Crippen LogP contribution in [0.2, 0.25) is 0 Å². The Bertz CT molecular complexity index is 632. The highest BCUT2D eigenvalue weighted by molar-refractivity contribution is 5.68. The molecule has 0 radical (unpaired) electrons. The summed E-state index contributed by atoms with van der Waals surface area (Å²) in [7, 11) is 0. The number of hydrogen-bond acceptors (Lipinski definition) is 6. The number of anilines is 1. The summed E-state index contributed by atoms with van der Waals surface area (Å²) in [5.41, 5.74) is -0.406. The van der Waals surface area contributed by atoms with Crippen LogP contribution in [0.4, 0.5) is 19.5 Å². The highest BCUT2D eigenvalue weighted by Gasteiger charge is 2.23. The zero-order valence-corrected chi connectivity index (χ0v) is 15.2. The number of carbonyl (C=O) groups is 1. The molecule has 1 aliphatic heterocycles. The highest BCUT2D eigenvalue weighted by atomic mass is 19.1. The summed E-state index contributed by atoms with van der Waals surface area (Å²) in [6, 6.07) is 0. The van der Waals surface area contributed by atoms with E-state index in [1.54, 1.807) is 25.7 Å². The van der Waals surface area contributed by atoms with Crippen LogP contribution < -0.4 is 15.0 Å². The summed E-state index contributed by atoms with van der Waals surface area (Å²) < 4.78 is 36.6. The molecule has 2 rings (SSSR count). The first-order chi connectivity index (χ1) is 12.3. The van der Waals surface area contributed by atoms with Crippen molar-refractivity contribution in [2.45, 2.75) is 39.0 Å². The van der Waals surface area contributed by atoms with Crippen LogP contribution in [-0.2, 0) is 4.74 Å². The SMILES string of the molecule is CC(C)(C)OC(=O)NC/C(=C\F)COc1cnc(N2CC[C@H](F)C2)nc1. The van der Waals surface area contributed by atoms with Crippen LogP contribution >= 0.6 is 0 Å². The molecule has 26 heavy (non-hydrogen) atoms. The third kappa shape index (κ3) is 6.45. The van der Waals surface area contributed by atoms with Gasteiger partial charge in [-0.15, -0.1) is 0 Å². The van der Waals surface area contributed by atoms with Gasteiger partial charge in [-0.1, -0.05) is 0 Å². The monoisotopic (exact) mass is 370 g/mol. The molecule has 1 atom stereocenters. The van der Waals surface area contributed by atoms with Crippen molar-refractivity contribution >= 4 is 12.0 Å². The molecule has 1 fully saturated rings. The number of ether oxygens (including phenoxy) is 2. The van der Waals surface area contributed by atoms with Crippen LogP contribution in [0, 0.1) is 0 Å². The number of nitrogens with one attached hydrogen (secondary N) is 1. The van der Waals surface area contributed by atoms with Crippen LogP contribution in [0.15, 0.2) is 24.3 Å². The molecule has 0 spiro atoms. The Morgan fingerprint density at radius 3 is 2.65 bits per heavy atom. The van der Waals surface area contributed by atoms with Gasteiger partial charge in [-0.2, -0.15) is 0 Å². The molecule has 1 saturated heterocycles. The zero-order chi connectivity index (χ0) is 19.2. The number of halogens is 2. The molecule has 0 bridgehead atoms. The lowest BCUT2D eigenvalue weighted by molar-refractivity contribution is 0.0531. The molecule has 0 unspecified atom stereocenters. The molecule has 1 aromatic heterocycles. The Morgan fingerprint density at radius 1 is 1.42 bits per heavy atom. The number of amides is 1. The molecule has 1 aromatic rings. The van der Waals surface area contributed by atoms with Crippen molar-refractivity contribution in [3.8, 4) is 5.75 Å². The summed E-state index contributed by atoms with van der Waals surface area (Å²) in [5.74, 6) is 0.784. The first-order valence-electron chi connectivity index (χ1n) is 8.35. The molecular weight excluding hydrogens is 346 g/mol. The second-order valence-corrected chi connectivity index (χ2v) is 6.96. The fraction of sp³-hybridized carbons (Fsp3) is 0.588. The van der Waals surface area contributed by atoms with Crippen LogP contribution in [0.1, 0.15) is 27.2 Å². The summed E-state index contributed by atoms with van der Waals surface area (Å²) in [6.07, 6.45) is 2.25. The lowest BCUT2D eigenvalue weighted by Gasteiger charge is -2.20. The van der Waals surface area contributed by atoms with Gasteiger partial charge >= 0.3 is 6.09 Å². The number of hydrogen-bond donors (Lipinski definition) is 1. The van der Waals surface area contributed by atoms with Crippen molar-refractivity contribution in [2.24, 2.45) is 0 Å². The van der Waals surface area contributed by atoms with E-state index >= 15 is 0 Å². The molecule has 0 aromatic carbocycles. The Balaban J connectivity index is 1.78. The van der Waals surface area contributed by atoms with Gasteiger partial charge in [0, 0.05) is 18.7 Å². The third-order valence-electron chi connectivity index (χ3n) is 3.47. The quantitative estimate of drug-likeness (QED) is 0.830. The molecule has 7 nitrogen and oxygen atoms in total. The van der Waals surface area contributed by atoms with Gasteiger partial charge in [-0.3, -0.25) is 0 Å². The van der Waals surface area contributed by atoms with Gasteiger partial charge in [-0.25, -0.2) is 23.5 Å². The summed E-state index contributed by atoms with van der Waals surface area (Å²) >= 11 is 0. The molecule has 1 N–H and O–H groups in total. The van der Waals surface area contributed by atoms with Gasteiger partial charge in [0.2, 0.25) is 5.95 Å².